The molecular weight excluding hydrogens is 352 g/mol. The summed E-state index contributed by atoms with van der Waals surface area (Å²) in [4.78, 5) is 18.9. The molecule has 0 aliphatic carbocycles. The predicted octanol–water partition coefficient (Wildman–Crippen LogP) is 2.00. The smallest absolute Gasteiger partial charge is 0.226 e. The third kappa shape index (κ3) is 3.22. The van der Waals surface area contributed by atoms with Gasteiger partial charge in [0.25, 0.3) is 0 Å². The molecule has 28 heavy (non-hydrogen) atoms. The zero-order chi connectivity index (χ0) is 18.9. The van der Waals surface area contributed by atoms with Gasteiger partial charge < -0.3 is 10.2 Å². The molecule has 5 rings (SSSR count). The fourth-order valence-electron chi connectivity index (χ4n) is 4.03. The summed E-state index contributed by atoms with van der Waals surface area (Å²) in [6, 6.07) is 10.3. The number of nitrogens with one attached hydrogen (secondary N) is 1. The number of rotatable bonds is 4. The maximum absolute atomic E-state index is 12.4. The summed E-state index contributed by atoms with van der Waals surface area (Å²) in [7, 11) is 0. The number of aromatic nitrogens is 4. The lowest BCUT2D eigenvalue weighted by Crippen LogP contribution is -2.29. The van der Waals surface area contributed by atoms with Crippen molar-refractivity contribution in [3.05, 3.63) is 54.0 Å². The van der Waals surface area contributed by atoms with Crippen LogP contribution in [-0.4, -0.2) is 49.8 Å². The summed E-state index contributed by atoms with van der Waals surface area (Å²) < 4.78 is 4.10. The van der Waals surface area contributed by atoms with Crippen LogP contribution in [0.3, 0.4) is 0 Å². The largest absolute Gasteiger partial charge is 0.342 e. The molecule has 1 N–H and O–H groups in total. The predicted molar refractivity (Wildman–Crippen MR) is 106 cm³/mol. The highest BCUT2D eigenvalue weighted by Gasteiger charge is 2.19. The summed E-state index contributed by atoms with van der Waals surface area (Å²) in [5, 5.41) is 8.09. The van der Waals surface area contributed by atoms with Crippen molar-refractivity contribution in [1.29, 1.82) is 0 Å². The van der Waals surface area contributed by atoms with E-state index in [4.69, 9.17) is 5.10 Å². The Morgan fingerprint density at radius 2 is 1.93 bits per heavy atom. The molecule has 2 aliphatic heterocycles. The first-order chi connectivity index (χ1) is 13.8. The lowest BCUT2D eigenvalue weighted by molar-refractivity contribution is -0.129. The minimum absolute atomic E-state index is 0.228. The topological polar surface area (TPSA) is 68.0 Å². The minimum Gasteiger partial charge on any atom is -0.342 e. The standard InChI is InChI=1S/C21H24N6O/c28-20(25-9-1-2-10-25)13-16-3-5-17(6-4-16)26-11-8-23-21(26)19-14-18-15-22-7-12-27(18)24-19/h3-6,8,11,14,22H,1-2,7,9-10,12-13,15H2. The molecule has 0 atom stereocenters. The highest BCUT2D eigenvalue weighted by Crippen LogP contribution is 2.23. The van der Waals surface area contributed by atoms with E-state index >= 15 is 0 Å². The molecule has 0 spiro atoms. The molecule has 0 unspecified atom stereocenters. The lowest BCUT2D eigenvalue weighted by Gasteiger charge is -2.15. The molecule has 2 aromatic heterocycles. The van der Waals surface area contributed by atoms with Gasteiger partial charge in [0.05, 0.1) is 18.7 Å². The van der Waals surface area contributed by atoms with Gasteiger partial charge >= 0.3 is 0 Å². The van der Waals surface area contributed by atoms with Crippen molar-refractivity contribution in [3.8, 4) is 17.2 Å². The average Bonchev–Trinajstić information content (AvgIpc) is 3.48. The van der Waals surface area contributed by atoms with E-state index in [1.807, 2.05) is 27.8 Å². The van der Waals surface area contributed by atoms with Crippen molar-refractivity contribution >= 4 is 5.91 Å². The van der Waals surface area contributed by atoms with Crippen molar-refractivity contribution in [2.45, 2.75) is 32.4 Å². The van der Waals surface area contributed by atoms with Crippen LogP contribution in [0.5, 0.6) is 0 Å². The Hall–Kier alpha value is -2.93. The van der Waals surface area contributed by atoms with E-state index in [9.17, 15) is 4.79 Å². The Balaban J connectivity index is 1.36. The molecule has 1 fully saturated rings. The fraction of sp³-hybridized carbons (Fsp3) is 0.381. The Labute approximate surface area is 164 Å². The van der Waals surface area contributed by atoms with Gasteiger partial charge in [0, 0.05) is 44.3 Å². The minimum atomic E-state index is 0.228. The van der Waals surface area contributed by atoms with E-state index in [1.165, 1.54) is 5.69 Å². The van der Waals surface area contributed by atoms with Crippen LogP contribution in [0.4, 0.5) is 0 Å². The molecule has 0 bridgehead atoms. The molecule has 1 saturated heterocycles. The van der Waals surface area contributed by atoms with Crippen molar-refractivity contribution in [3.63, 3.8) is 0 Å². The van der Waals surface area contributed by atoms with Crippen LogP contribution in [-0.2, 0) is 24.3 Å². The summed E-state index contributed by atoms with van der Waals surface area (Å²) in [5.41, 5.74) is 4.14. The monoisotopic (exact) mass is 376 g/mol. The maximum Gasteiger partial charge on any atom is 0.226 e. The third-order valence-corrected chi connectivity index (χ3v) is 5.57. The van der Waals surface area contributed by atoms with Crippen LogP contribution in [0.25, 0.3) is 17.2 Å². The van der Waals surface area contributed by atoms with Crippen LogP contribution < -0.4 is 5.32 Å². The highest BCUT2D eigenvalue weighted by atomic mass is 16.2. The normalized spacial score (nSPS) is 16.4. The first-order valence-corrected chi connectivity index (χ1v) is 9.96. The molecule has 1 amide bonds. The number of carbonyl (C=O) groups is 1. The lowest BCUT2D eigenvalue weighted by atomic mass is 10.1. The zero-order valence-corrected chi connectivity index (χ0v) is 15.8. The van der Waals surface area contributed by atoms with E-state index in [-0.39, 0.29) is 5.91 Å². The fourth-order valence-corrected chi connectivity index (χ4v) is 4.03. The van der Waals surface area contributed by atoms with Crippen LogP contribution in [0, 0.1) is 0 Å². The van der Waals surface area contributed by atoms with E-state index in [2.05, 4.69) is 33.2 Å². The number of amides is 1. The zero-order valence-electron chi connectivity index (χ0n) is 15.8. The molecule has 1 aromatic carbocycles. The molecule has 3 aromatic rings. The Morgan fingerprint density at radius 1 is 1.11 bits per heavy atom. The summed E-state index contributed by atoms with van der Waals surface area (Å²) >= 11 is 0. The van der Waals surface area contributed by atoms with Gasteiger partial charge in [-0.3, -0.25) is 14.0 Å². The highest BCUT2D eigenvalue weighted by molar-refractivity contribution is 5.79. The Bertz CT molecular complexity index is 957. The molecule has 0 saturated carbocycles. The first kappa shape index (κ1) is 17.2. The van der Waals surface area contributed by atoms with Crippen molar-refractivity contribution in [1.82, 2.24) is 29.5 Å². The maximum atomic E-state index is 12.4. The van der Waals surface area contributed by atoms with E-state index in [0.29, 0.717) is 6.42 Å². The first-order valence-electron chi connectivity index (χ1n) is 9.96. The second-order valence-corrected chi connectivity index (χ2v) is 7.47. The van der Waals surface area contributed by atoms with E-state index in [0.717, 1.165) is 68.3 Å². The molecule has 7 heteroatoms. The molecule has 2 aliphatic rings. The summed E-state index contributed by atoms with van der Waals surface area (Å²) in [6.45, 7) is 4.47. The number of hydrogen-bond donors (Lipinski definition) is 1. The van der Waals surface area contributed by atoms with E-state index < -0.39 is 0 Å². The average molecular weight is 376 g/mol. The number of nitrogens with zero attached hydrogens (tertiary/aromatic N) is 5. The Kier molecular flexibility index (Phi) is 4.44. The van der Waals surface area contributed by atoms with E-state index in [1.54, 1.807) is 6.20 Å². The van der Waals surface area contributed by atoms with Crippen molar-refractivity contribution in [2.24, 2.45) is 0 Å². The van der Waals surface area contributed by atoms with Crippen molar-refractivity contribution < 1.29 is 4.79 Å². The molecule has 144 valence electrons. The SMILES string of the molecule is O=C(Cc1ccc(-n2ccnc2-c2cc3n(n2)CCNC3)cc1)N1CCCC1. The quantitative estimate of drug-likeness (QED) is 0.756. The number of carbonyl (C=O) groups excluding carboxylic acids is 1. The van der Waals surface area contributed by atoms with Gasteiger partial charge in [-0.25, -0.2) is 4.98 Å². The second kappa shape index (κ2) is 7.24. The van der Waals surface area contributed by atoms with Gasteiger partial charge in [0.1, 0.15) is 5.69 Å². The third-order valence-electron chi connectivity index (χ3n) is 5.57. The van der Waals surface area contributed by atoms with Crippen molar-refractivity contribution in [2.75, 3.05) is 19.6 Å². The van der Waals surface area contributed by atoms with Crippen LogP contribution in [0.15, 0.2) is 42.7 Å². The molecule has 0 radical (unpaired) electrons. The number of hydrogen-bond acceptors (Lipinski definition) is 4. The van der Waals surface area contributed by atoms with Gasteiger partial charge in [-0.15, -0.1) is 0 Å². The van der Waals surface area contributed by atoms with Crippen LogP contribution in [0.2, 0.25) is 0 Å². The summed E-state index contributed by atoms with van der Waals surface area (Å²) in [6.07, 6.45) is 6.48. The van der Waals surface area contributed by atoms with Crippen LogP contribution >= 0.6 is 0 Å². The van der Waals surface area contributed by atoms with Gasteiger partial charge in [0.2, 0.25) is 5.91 Å². The number of benzene rings is 1. The van der Waals surface area contributed by atoms with Gasteiger partial charge in [-0.2, -0.15) is 5.10 Å². The van der Waals surface area contributed by atoms with Gasteiger partial charge in [-0.1, -0.05) is 12.1 Å². The molecule has 7 nitrogen and oxygen atoms in total. The second-order valence-electron chi connectivity index (χ2n) is 7.47. The number of likely N-dealkylation sites (tertiary alicyclic amines) is 1. The van der Waals surface area contributed by atoms with Crippen LogP contribution in [0.1, 0.15) is 24.1 Å². The van der Waals surface area contributed by atoms with Gasteiger partial charge in [-0.05, 0) is 36.6 Å². The summed E-state index contributed by atoms with van der Waals surface area (Å²) in [5.74, 6) is 1.06. The number of fused-ring (bicyclic) bond motifs is 1. The molecule has 4 heterocycles. The Morgan fingerprint density at radius 3 is 2.71 bits per heavy atom. The van der Waals surface area contributed by atoms with Gasteiger partial charge in [0.15, 0.2) is 5.82 Å². The molecular formula is C21H24N6O. The number of imidazole rings is 1.